The lowest BCUT2D eigenvalue weighted by atomic mass is 10.1. The lowest BCUT2D eigenvalue weighted by molar-refractivity contribution is 0.101. The highest BCUT2D eigenvalue weighted by Gasteiger charge is 2.06. The van der Waals surface area contributed by atoms with Gasteiger partial charge in [-0.15, -0.1) is 0 Å². The van der Waals surface area contributed by atoms with Crippen molar-refractivity contribution in [3.63, 3.8) is 0 Å². The van der Waals surface area contributed by atoms with Crippen LogP contribution in [0.15, 0.2) is 27.7 Å². The number of hydrogen-bond acceptors (Lipinski definition) is 3. The lowest BCUT2D eigenvalue weighted by Gasteiger charge is -1.99. The zero-order valence-electron chi connectivity index (χ0n) is 6.87. The second kappa shape index (κ2) is 4.12. The van der Waals surface area contributed by atoms with Gasteiger partial charge in [0, 0.05) is 10.0 Å². The first-order chi connectivity index (χ1) is 6.15. The first kappa shape index (κ1) is 9.84. The van der Waals surface area contributed by atoms with Gasteiger partial charge >= 0.3 is 0 Å². The molecule has 0 aliphatic rings. The molecule has 13 heavy (non-hydrogen) atoms. The number of aliphatic imine (C=N–C) groups is 1. The third-order valence-corrected chi connectivity index (χ3v) is 2.00. The first-order valence-electron chi connectivity index (χ1n) is 3.53. The van der Waals surface area contributed by atoms with Crippen molar-refractivity contribution >= 4 is 33.5 Å². The summed E-state index contributed by atoms with van der Waals surface area (Å²) in [5.41, 5.74) is 0.767. The van der Waals surface area contributed by atoms with Gasteiger partial charge in [-0.2, -0.15) is 4.99 Å². The van der Waals surface area contributed by atoms with Crippen LogP contribution >= 0.6 is 15.9 Å². The van der Waals surface area contributed by atoms with Crippen LogP contribution in [0.5, 0.6) is 0 Å². The Morgan fingerprint density at radius 3 is 2.77 bits per heavy atom. The van der Waals surface area contributed by atoms with E-state index < -0.39 is 0 Å². The number of carbonyl (C=O) groups excluding carboxylic acids is 2. The fourth-order valence-corrected chi connectivity index (χ4v) is 1.30. The van der Waals surface area contributed by atoms with Crippen molar-refractivity contribution in [3.05, 3.63) is 28.2 Å². The molecule has 0 saturated carbocycles. The van der Waals surface area contributed by atoms with Crippen LogP contribution in [0.25, 0.3) is 0 Å². The topological polar surface area (TPSA) is 46.5 Å². The highest BCUT2D eigenvalue weighted by atomic mass is 79.9. The van der Waals surface area contributed by atoms with Gasteiger partial charge in [0.05, 0.1) is 5.69 Å². The monoisotopic (exact) mass is 239 g/mol. The zero-order valence-corrected chi connectivity index (χ0v) is 8.46. The van der Waals surface area contributed by atoms with Gasteiger partial charge in [-0.05, 0) is 25.1 Å². The Morgan fingerprint density at radius 2 is 2.23 bits per heavy atom. The van der Waals surface area contributed by atoms with E-state index in [4.69, 9.17) is 0 Å². The third-order valence-electron chi connectivity index (χ3n) is 1.50. The molecule has 0 aliphatic carbocycles. The maximum Gasteiger partial charge on any atom is 0.240 e. The number of rotatable bonds is 2. The SMILES string of the molecule is CC(=O)c1cc(Br)ccc1N=C=O. The van der Waals surface area contributed by atoms with Gasteiger partial charge in [0.1, 0.15) is 0 Å². The molecule has 4 heteroatoms. The summed E-state index contributed by atoms with van der Waals surface area (Å²) in [5, 5.41) is 0. The van der Waals surface area contributed by atoms with Gasteiger partial charge in [-0.25, -0.2) is 4.79 Å². The van der Waals surface area contributed by atoms with Gasteiger partial charge in [0.2, 0.25) is 6.08 Å². The van der Waals surface area contributed by atoms with E-state index in [1.807, 2.05) is 0 Å². The number of hydrogen-bond donors (Lipinski definition) is 0. The summed E-state index contributed by atoms with van der Waals surface area (Å²) in [6, 6.07) is 4.92. The molecular weight excluding hydrogens is 234 g/mol. The molecule has 0 unspecified atom stereocenters. The lowest BCUT2D eigenvalue weighted by Crippen LogP contribution is -1.92. The Labute approximate surface area is 83.6 Å². The largest absolute Gasteiger partial charge is 0.294 e. The van der Waals surface area contributed by atoms with Crippen LogP contribution < -0.4 is 0 Å². The molecule has 0 radical (unpaired) electrons. The summed E-state index contributed by atoms with van der Waals surface area (Å²) >= 11 is 3.22. The normalized spacial score (nSPS) is 9.08. The van der Waals surface area contributed by atoms with Crippen LogP contribution in [0.1, 0.15) is 17.3 Å². The number of isocyanates is 1. The fourth-order valence-electron chi connectivity index (χ4n) is 0.937. The number of nitrogens with zero attached hydrogens (tertiary/aromatic N) is 1. The minimum atomic E-state index is -0.129. The quantitative estimate of drug-likeness (QED) is 0.453. The Hall–Kier alpha value is -1.25. The molecule has 0 N–H and O–H groups in total. The zero-order chi connectivity index (χ0) is 9.84. The second-order valence-electron chi connectivity index (χ2n) is 2.42. The Bertz CT molecular complexity index is 395. The molecule has 1 aromatic carbocycles. The molecular formula is C9H6BrNO2. The maximum absolute atomic E-state index is 11.1. The van der Waals surface area contributed by atoms with Crippen molar-refractivity contribution in [2.45, 2.75) is 6.92 Å². The van der Waals surface area contributed by atoms with Gasteiger partial charge in [0.15, 0.2) is 5.78 Å². The molecule has 0 heterocycles. The van der Waals surface area contributed by atoms with E-state index in [0.29, 0.717) is 11.3 Å². The Balaban J connectivity index is 3.34. The van der Waals surface area contributed by atoms with E-state index in [9.17, 15) is 9.59 Å². The average molecular weight is 240 g/mol. The Morgan fingerprint density at radius 1 is 1.54 bits per heavy atom. The van der Waals surface area contributed by atoms with Crippen LogP contribution in [-0.2, 0) is 4.79 Å². The second-order valence-corrected chi connectivity index (χ2v) is 3.34. The predicted octanol–water partition coefficient (Wildman–Crippen LogP) is 2.62. The molecule has 66 valence electrons. The summed E-state index contributed by atoms with van der Waals surface area (Å²) in [4.78, 5) is 24.5. The molecule has 0 bridgehead atoms. The van der Waals surface area contributed by atoms with Gasteiger partial charge in [-0.1, -0.05) is 15.9 Å². The molecule has 1 aromatic rings. The number of Topliss-reactive ketones (excluding diaryl/α,β-unsaturated/α-hetero) is 1. The molecule has 0 saturated heterocycles. The minimum Gasteiger partial charge on any atom is -0.294 e. The summed E-state index contributed by atoms with van der Waals surface area (Å²) in [6.07, 6.45) is 1.41. The van der Waals surface area contributed by atoms with Crippen molar-refractivity contribution in [1.82, 2.24) is 0 Å². The molecule has 3 nitrogen and oxygen atoms in total. The van der Waals surface area contributed by atoms with Crippen molar-refractivity contribution in [1.29, 1.82) is 0 Å². The van der Waals surface area contributed by atoms with E-state index >= 15 is 0 Å². The van der Waals surface area contributed by atoms with E-state index in [1.165, 1.54) is 13.0 Å². The standard InChI is InChI=1S/C9H6BrNO2/c1-6(13)8-4-7(10)2-3-9(8)11-5-12/h2-4H,1H3. The molecule has 0 atom stereocenters. The Kier molecular flexibility index (Phi) is 3.12. The molecule has 0 amide bonds. The van der Waals surface area contributed by atoms with Gasteiger partial charge in [-0.3, -0.25) is 4.79 Å². The number of benzene rings is 1. The van der Waals surface area contributed by atoms with Crippen molar-refractivity contribution in [2.24, 2.45) is 4.99 Å². The van der Waals surface area contributed by atoms with Gasteiger partial charge in [0.25, 0.3) is 0 Å². The van der Waals surface area contributed by atoms with Crippen LogP contribution in [0.4, 0.5) is 5.69 Å². The number of halogens is 1. The third kappa shape index (κ3) is 2.34. The molecule has 0 spiro atoms. The van der Waals surface area contributed by atoms with E-state index in [0.717, 1.165) is 4.47 Å². The summed E-state index contributed by atoms with van der Waals surface area (Å²) in [6.45, 7) is 1.42. The summed E-state index contributed by atoms with van der Waals surface area (Å²) in [5.74, 6) is -0.129. The van der Waals surface area contributed by atoms with Crippen LogP contribution in [0.3, 0.4) is 0 Å². The van der Waals surface area contributed by atoms with Crippen LogP contribution in [0, 0.1) is 0 Å². The van der Waals surface area contributed by atoms with Crippen LogP contribution in [-0.4, -0.2) is 11.9 Å². The highest BCUT2D eigenvalue weighted by molar-refractivity contribution is 9.10. The molecule has 0 aliphatic heterocycles. The van der Waals surface area contributed by atoms with E-state index in [1.54, 1.807) is 18.2 Å². The highest BCUT2D eigenvalue weighted by Crippen LogP contribution is 2.23. The van der Waals surface area contributed by atoms with Crippen molar-refractivity contribution in [2.75, 3.05) is 0 Å². The number of ketones is 1. The predicted molar refractivity (Wildman–Crippen MR) is 51.9 cm³/mol. The van der Waals surface area contributed by atoms with Crippen molar-refractivity contribution in [3.8, 4) is 0 Å². The molecule has 0 fully saturated rings. The minimum absolute atomic E-state index is 0.129. The van der Waals surface area contributed by atoms with Gasteiger partial charge < -0.3 is 0 Å². The van der Waals surface area contributed by atoms with E-state index in [2.05, 4.69) is 20.9 Å². The number of carbonyl (C=O) groups is 1. The molecule has 1 rings (SSSR count). The summed E-state index contributed by atoms with van der Waals surface area (Å²) < 4.78 is 0.780. The average Bonchev–Trinajstić information content (AvgIpc) is 2.08. The fraction of sp³-hybridized carbons (Fsp3) is 0.111. The maximum atomic E-state index is 11.1. The first-order valence-corrected chi connectivity index (χ1v) is 4.33. The smallest absolute Gasteiger partial charge is 0.240 e. The molecule has 0 aromatic heterocycles. The van der Waals surface area contributed by atoms with E-state index in [-0.39, 0.29) is 5.78 Å². The summed E-state index contributed by atoms with van der Waals surface area (Å²) in [7, 11) is 0. The van der Waals surface area contributed by atoms with Crippen molar-refractivity contribution < 1.29 is 9.59 Å². The van der Waals surface area contributed by atoms with Crippen LogP contribution in [0.2, 0.25) is 0 Å².